The van der Waals surface area contributed by atoms with Gasteiger partial charge in [0, 0.05) is 18.8 Å². The Morgan fingerprint density at radius 1 is 1.17 bits per heavy atom. The maximum atomic E-state index is 12.4. The van der Waals surface area contributed by atoms with Crippen LogP contribution in [0.15, 0.2) is 24.3 Å². The summed E-state index contributed by atoms with van der Waals surface area (Å²) in [5.41, 5.74) is -0.0496. The second-order valence-electron chi connectivity index (χ2n) is 6.06. The summed E-state index contributed by atoms with van der Waals surface area (Å²) < 4.78 is 11.4. The van der Waals surface area contributed by atoms with Crippen molar-refractivity contribution in [3.05, 3.63) is 24.3 Å². The normalized spacial score (nSPS) is 13.7. The summed E-state index contributed by atoms with van der Waals surface area (Å²) in [6.07, 6.45) is 1.52. The topological polar surface area (TPSA) is 50.8 Å². The summed E-state index contributed by atoms with van der Waals surface area (Å²) in [5.74, 6) is 0.681. The second kappa shape index (κ2) is 9.53. The monoisotopic (exact) mass is 322 g/mol. The first-order chi connectivity index (χ1) is 10.9. The molecule has 5 heteroatoms. The quantitative estimate of drug-likeness (QED) is 0.719. The van der Waals surface area contributed by atoms with Gasteiger partial charge in [-0.1, -0.05) is 13.8 Å². The van der Waals surface area contributed by atoms with Gasteiger partial charge in [0.15, 0.2) is 0 Å². The molecule has 0 unspecified atom stereocenters. The molecule has 5 nitrogen and oxygen atoms in total. The van der Waals surface area contributed by atoms with E-state index in [0.717, 1.165) is 24.4 Å². The van der Waals surface area contributed by atoms with E-state index < -0.39 is 5.60 Å². The van der Waals surface area contributed by atoms with Crippen LogP contribution in [0, 0.1) is 0 Å². The highest BCUT2D eigenvalue weighted by Crippen LogP contribution is 2.21. The van der Waals surface area contributed by atoms with E-state index in [9.17, 15) is 4.79 Å². The average molecular weight is 322 g/mol. The Balaban J connectivity index is 2.57. The summed E-state index contributed by atoms with van der Waals surface area (Å²) in [6, 6.07) is 7.42. The highest BCUT2D eigenvalue weighted by molar-refractivity contribution is 5.97. The van der Waals surface area contributed by atoms with Crippen molar-refractivity contribution in [3.63, 3.8) is 0 Å². The molecule has 0 aliphatic heterocycles. The zero-order valence-corrected chi connectivity index (χ0v) is 15.0. The first kappa shape index (κ1) is 19.5. The molecular formula is C18H30N2O3. The molecule has 1 rings (SSSR count). The van der Waals surface area contributed by atoms with Crippen molar-refractivity contribution in [2.75, 3.05) is 39.2 Å². The third-order valence-electron chi connectivity index (χ3n) is 3.70. The summed E-state index contributed by atoms with van der Waals surface area (Å²) >= 11 is 0. The Hall–Kier alpha value is -1.59. The number of anilines is 1. The molecule has 0 spiro atoms. The predicted octanol–water partition coefficient (Wildman–Crippen LogP) is 3.16. The third kappa shape index (κ3) is 6.59. The van der Waals surface area contributed by atoms with Crippen LogP contribution in [0.3, 0.4) is 0 Å². The molecule has 0 aliphatic rings. The lowest BCUT2D eigenvalue weighted by Crippen LogP contribution is -2.42. The van der Waals surface area contributed by atoms with E-state index in [1.54, 1.807) is 0 Å². The number of rotatable bonds is 10. The molecule has 0 saturated carbocycles. The lowest BCUT2D eigenvalue weighted by atomic mass is 10.0. The molecule has 0 radical (unpaired) electrons. The van der Waals surface area contributed by atoms with Crippen LogP contribution in [0.2, 0.25) is 0 Å². The number of benzene rings is 1. The fraction of sp³-hybridized carbons (Fsp3) is 0.611. The van der Waals surface area contributed by atoms with Gasteiger partial charge in [-0.2, -0.15) is 0 Å². The van der Waals surface area contributed by atoms with Crippen LogP contribution in [0.25, 0.3) is 0 Å². The Morgan fingerprint density at radius 2 is 1.83 bits per heavy atom. The molecule has 0 bridgehead atoms. The Kier molecular flexibility index (Phi) is 8.06. The van der Waals surface area contributed by atoms with Crippen molar-refractivity contribution in [1.82, 2.24) is 4.90 Å². The minimum atomic E-state index is -0.795. The lowest BCUT2D eigenvalue weighted by molar-refractivity contribution is -0.139. The van der Waals surface area contributed by atoms with Crippen molar-refractivity contribution in [1.29, 1.82) is 0 Å². The minimum Gasteiger partial charge on any atom is -0.492 e. The van der Waals surface area contributed by atoms with Gasteiger partial charge >= 0.3 is 0 Å². The molecule has 0 saturated heterocycles. The number of ether oxygens (including phenoxy) is 2. The lowest BCUT2D eigenvalue weighted by Gasteiger charge is -2.27. The maximum absolute atomic E-state index is 12.4. The average Bonchev–Trinajstić information content (AvgIpc) is 2.53. The molecule has 1 amide bonds. The van der Waals surface area contributed by atoms with Gasteiger partial charge in [-0.3, -0.25) is 4.79 Å². The Labute approximate surface area is 140 Å². The van der Waals surface area contributed by atoms with E-state index in [4.69, 9.17) is 9.47 Å². The van der Waals surface area contributed by atoms with Gasteiger partial charge in [0.25, 0.3) is 5.91 Å². The van der Waals surface area contributed by atoms with Crippen LogP contribution >= 0.6 is 0 Å². The van der Waals surface area contributed by atoms with Crippen molar-refractivity contribution >= 4 is 11.6 Å². The largest absolute Gasteiger partial charge is 0.492 e. The van der Waals surface area contributed by atoms with Crippen LogP contribution in [0.5, 0.6) is 5.75 Å². The summed E-state index contributed by atoms with van der Waals surface area (Å²) in [4.78, 5) is 14.5. The highest BCUT2D eigenvalue weighted by Gasteiger charge is 2.32. The number of likely N-dealkylation sites (N-methyl/N-ethyl adjacent to an activating group) is 1. The Bertz CT molecular complexity index is 474. The smallest absolute Gasteiger partial charge is 0.256 e. The van der Waals surface area contributed by atoms with Crippen LogP contribution in [-0.2, 0) is 9.53 Å². The van der Waals surface area contributed by atoms with Crippen molar-refractivity contribution in [2.24, 2.45) is 0 Å². The molecule has 0 aromatic heterocycles. The first-order valence-corrected chi connectivity index (χ1v) is 8.24. The Morgan fingerprint density at radius 3 is 2.35 bits per heavy atom. The molecule has 1 aromatic rings. The summed E-state index contributed by atoms with van der Waals surface area (Å²) in [6.45, 7) is 7.90. The van der Waals surface area contributed by atoms with Gasteiger partial charge in [0.1, 0.15) is 18.0 Å². The zero-order chi connectivity index (χ0) is 17.3. The van der Waals surface area contributed by atoms with Gasteiger partial charge in [-0.25, -0.2) is 0 Å². The van der Waals surface area contributed by atoms with Crippen molar-refractivity contribution in [3.8, 4) is 5.75 Å². The number of hydrogen-bond donors (Lipinski definition) is 1. The number of nitrogens with zero attached hydrogens (tertiary/aromatic N) is 1. The van der Waals surface area contributed by atoms with Gasteiger partial charge < -0.3 is 19.7 Å². The van der Waals surface area contributed by atoms with E-state index in [0.29, 0.717) is 19.6 Å². The van der Waals surface area contributed by atoms with E-state index >= 15 is 0 Å². The molecule has 0 heterocycles. The third-order valence-corrected chi connectivity index (χ3v) is 3.70. The van der Waals surface area contributed by atoms with E-state index in [-0.39, 0.29) is 5.91 Å². The standard InChI is InChI=1S/C18H30N2O3/c1-6-13-23-18(3,7-2)17(21)19-15-8-10-16(11-9-15)22-14-12-20(4)5/h8-11H,6-7,12-14H2,1-5H3,(H,19,21)/t18-/m0/s1. The van der Waals surface area contributed by atoms with Gasteiger partial charge in [0.2, 0.25) is 0 Å². The van der Waals surface area contributed by atoms with Gasteiger partial charge in [-0.05, 0) is 58.1 Å². The SMILES string of the molecule is CCCO[C@@](C)(CC)C(=O)Nc1ccc(OCCN(C)C)cc1. The fourth-order valence-corrected chi connectivity index (χ4v) is 1.90. The van der Waals surface area contributed by atoms with Gasteiger partial charge in [0.05, 0.1) is 0 Å². The number of hydrogen-bond acceptors (Lipinski definition) is 4. The molecular weight excluding hydrogens is 292 g/mol. The fourth-order valence-electron chi connectivity index (χ4n) is 1.90. The zero-order valence-electron chi connectivity index (χ0n) is 15.0. The summed E-state index contributed by atoms with van der Waals surface area (Å²) in [5, 5.41) is 2.92. The van der Waals surface area contributed by atoms with Crippen molar-refractivity contribution < 1.29 is 14.3 Å². The minimum absolute atomic E-state index is 0.116. The number of amides is 1. The van der Waals surface area contributed by atoms with Crippen LogP contribution < -0.4 is 10.1 Å². The highest BCUT2D eigenvalue weighted by atomic mass is 16.5. The van der Waals surface area contributed by atoms with E-state index in [1.807, 2.05) is 59.1 Å². The molecule has 1 atom stereocenters. The molecule has 1 N–H and O–H groups in total. The number of nitrogens with one attached hydrogen (secondary N) is 1. The molecule has 130 valence electrons. The van der Waals surface area contributed by atoms with Crippen molar-refractivity contribution in [2.45, 2.75) is 39.2 Å². The van der Waals surface area contributed by atoms with E-state index in [2.05, 4.69) is 10.2 Å². The number of carbonyl (C=O) groups is 1. The van der Waals surface area contributed by atoms with E-state index in [1.165, 1.54) is 0 Å². The molecule has 1 aromatic carbocycles. The summed E-state index contributed by atoms with van der Waals surface area (Å²) in [7, 11) is 4.01. The molecule has 0 aliphatic carbocycles. The van der Waals surface area contributed by atoms with Gasteiger partial charge in [-0.15, -0.1) is 0 Å². The maximum Gasteiger partial charge on any atom is 0.256 e. The molecule has 0 fully saturated rings. The second-order valence-corrected chi connectivity index (χ2v) is 6.06. The van der Waals surface area contributed by atoms with Crippen LogP contribution in [0.1, 0.15) is 33.6 Å². The first-order valence-electron chi connectivity index (χ1n) is 8.24. The molecule has 23 heavy (non-hydrogen) atoms. The van der Waals surface area contributed by atoms with Crippen LogP contribution in [-0.4, -0.2) is 50.3 Å². The predicted molar refractivity (Wildman–Crippen MR) is 94.1 cm³/mol. The number of carbonyl (C=O) groups excluding carboxylic acids is 1. The van der Waals surface area contributed by atoms with Crippen LogP contribution in [0.4, 0.5) is 5.69 Å².